The first-order valence-electron chi connectivity index (χ1n) is 11.2. The van der Waals surface area contributed by atoms with Crippen molar-refractivity contribution in [1.29, 1.82) is 0 Å². The molecule has 5 aliphatic rings. The van der Waals surface area contributed by atoms with E-state index in [0.29, 0.717) is 24.8 Å². The van der Waals surface area contributed by atoms with Crippen LogP contribution in [0.3, 0.4) is 0 Å². The monoisotopic (exact) mass is 428 g/mol. The van der Waals surface area contributed by atoms with Gasteiger partial charge in [-0.3, -0.25) is 9.59 Å². The van der Waals surface area contributed by atoms with Crippen molar-refractivity contribution >= 4 is 17.7 Å². The van der Waals surface area contributed by atoms with Gasteiger partial charge in [0.25, 0.3) is 0 Å². The molecule has 2 heterocycles. The molecule has 168 valence electrons. The second-order valence-corrected chi connectivity index (χ2v) is 11.7. The lowest BCUT2D eigenvalue weighted by Gasteiger charge is -2.71. The lowest BCUT2D eigenvalue weighted by atomic mass is 9.33. The summed E-state index contributed by atoms with van der Waals surface area (Å²) in [5.74, 6) is -1.33. The van der Waals surface area contributed by atoms with E-state index >= 15 is 0 Å². The largest absolute Gasteiger partial charge is 0.458 e. The van der Waals surface area contributed by atoms with Gasteiger partial charge in [0.1, 0.15) is 17.1 Å². The number of hydrogen-bond acceptors (Lipinski definition) is 6. The fraction of sp³-hybridized carbons (Fsp3) is 0.720. The van der Waals surface area contributed by atoms with Crippen LogP contribution in [-0.4, -0.2) is 40.1 Å². The summed E-state index contributed by atoms with van der Waals surface area (Å²) in [6.45, 7) is 15.7. The Balaban J connectivity index is 1.81. The zero-order chi connectivity index (χ0) is 23.0. The molecule has 6 nitrogen and oxygen atoms in total. The number of carbonyl (C=O) groups is 3. The topological polar surface area (TPSA) is 89.9 Å². The van der Waals surface area contributed by atoms with Crippen LogP contribution >= 0.6 is 0 Å². The summed E-state index contributed by atoms with van der Waals surface area (Å²) in [5, 5.41) is 11.9. The molecule has 0 radical (unpaired) electrons. The molecule has 1 spiro atoms. The van der Waals surface area contributed by atoms with Crippen molar-refractivity contribution < 1.29 is 29.0 Å². The van der Waals surface area contributed by atoms with Gasteiger partial charge in [0.15, 0.2) is 5.78 Å². The van der Waals surface area contributed by atoms with E-state index in [1.54, 1.807) is 19.9 Å². The maximum absolute atomic E-state index is 13.6. The molecule has 2 saturated carbocycles. The number of esters is 2. The minimum atomic E-state index is -2.12. The summed E-state index contributed by atoms with van der Waals surface area (Å²) in [6, 6.07) is 0. The van der Waals surface area contributed by atoms with Crippen LogP contribution in [0.2, 0.25) is 0 Å². The molecular weight excluding hydrogens is 396 g/mol. The van der Waals surface area contributed by atoms with Crippen LogP contribution in [-0.2, 0) is 23.9 Å². The van der Waals surface area contributed by atoms with E-state index in [1.807, 2.05) is 26.8 Å². The van der Waals surface area contributed by atoms with E-state index in [0.717, 1.165) is 0 Å². The van der Waals surface area contributed by atoms with Gasteiger partial charge < -0.3 is 14.6 Å². The van der Waals surface area contributed by atoms with Gasteiger partial charge in [0.2, 0.25) is 5.60 Å². The van der Waals surface area contributed by atoms with Crippen molar-refractivity contribution in [3.05, 3.63) is 24.3 Å². The highest BCUT2D eigenvalue weighted by Gasteiger charge is 2.86. The Labute approximate surface area is 183 Å². The van der Waals surface area contributed by atoms with Gasteiger partial charge in [-0.2, -0.15) is 0 Å². The second kappa shape index (κ2) is 5.33. The van der Waals surface area contributed by atoms with E-state index < -0.39 is 50.9 Å². The first kappa shape index (κ1) is 20.9. The summed E-state index contributed by atoms with van der Waals surface area (Å²) in [4.78, 5) is 39.6. The van der Waals surface area contributed by atoms with Crippen LogP contribution in [0.15, 0.2) is 24.3 Å². The number of fused-ring (bicyclic) bond motifs is 4. The van der Waals surface area contributed by atoms with Crippen molar-refractivity contribution in [2.75, 3.05) is 0 Å². The van der Waals surface area contributed by atoms with Crippen molar-refractivity contribution in [1.82, 2.24) is 0 Å². The van der Waals surface area contributed by atoms with Crippen molar-refractivity contribution in [3.8, 4) is 0 Å². The quantitative estimate of drug-likeness (QED) is 0.471. The minimum Gasteiger partial charge on any atom is -0.458 e. The molecule has 1 N–H and O–H groups in total. The summed E-state index contributed by atoms with van der Waals surface area (Å²) >= 11 is 0. The molecule has 2 aliphatic heterocycles. The van der Waals surface area contributed by atoms with Crippen LogP contribution in [0.1, 0.15) is 60.8 Å². The van der Waals surface area contributed by atoms with E-state index in [-0.39, 0.29) is 17.6 Å². The standard InChI is InChI=1S/C25H32O6/c1-13-23(7)12-16-21(5)10-9-17(26)20(3,4)15(21)8-11-22(16,6)24(13)18(27)30-14(2)25(24,29)19(28)31-23/h9-10,14-16,29H,1,8,11-12H2,2-7H3/t14-,15+,16-,21-,22+,23-,24+,25+/m1/s1. The van der Waals surface area contributed by atoms with E-state index in [1.165, 1.54) is 0 Å². The molecule has 2 bridgehead atoms. The van der Waals surface area contributed by atoms with E-state index in [2.05, 4.69) is 13.5 Å². The molecule has 0 aromatic heterocycles. The first-order chi connectivity index (χ1) is 14.1. The predicted molar refractivity (Wildman–Crippen MR) is 112 cm³/mol. The number of cyclic esters (lactones) is 1. The maximum Gasteiger partial charge on any atom is 0.344 e. The molecule has 0 amide bonds. The Morgan fingerprint density at radius 1 is 1.06 bits per heavy atom. The Bertz CT molecular complexity index is 994. The molecule has 0 aromatic rings. The van der Waals surface area contributed by atoms with Gasteiger partial charge in [-0.05, 0) is 67.4 Å². The molecule has 31 heavy (non-hydrogen) atoms. The Kier molecular flexibility index (Phi) is 3.60. The van der Waals surface area contributed by atoms with Gasteiger partial charge in [0, 0.05) is 5.41 Å². The summed E-state index contributed by atoms with van der Waals surface area (Å²) in [6.07, 6.45) is 4.40. The van der Waals surface area contributed by atoms with Crippen molar-refractivity contribution in [2.45, 2.75) is 78.1 Å². The summed E-state index contributed by atoms with van der Waals surface area (Å²) in [5.41, 5.74) is -6.11. The lowest BCUT2D eigenvalue weighted by Crippen LogP contribution is -2.78. The number of aliphatic hydroxyl groups is 1. The summed E-state index contributed by atoms with van der Waals surface area (Å²) < 4.78 is 11.5. The third-order valence-electron chi connectivity index (χ3n) is 10.2. The molecule has 6 heteroatoms. The molecule has 8 atom stereocenters. The lowest BCUT2D eigenvalue weighted by molar-refractivity contribution is -0.263. The Hall–Kier alpha value is -1.95. The van der Waals surface area contributed by atoms with Crippen LogP contribution in [0.4, 0.5) is 0 Å². The zero-order valence-electron chi connectivity index (χ0n) is 19.2. The number of ketones is 1. The van der Waals surface area contributed by atoms with Gasteiger partial charge in [-0.15, -0.1) is 0 Å². The van der Waals surface area contributed by atoms with Crippen LogP contribution in [0, 0.1) is 33.5 Å². The fourth-order valence-electron chi connectivity index (χ4n) is 8.54. The number of hydrogen-bond donors (Lipinski definition) is 1. The molecule has 3 aliphatic carbocycles. The van der Waals surface area contributed by atoms with Gasteiger partial charge in [-0.1, -0.05) is 40.3 Å². The van der Waals surface area contributed by atoms with Gasteiger partial charge in [0.05, 0.1) is 0 Å². The average molecular weight is 429 g/mol. The van der Waals surface area contributed by atoms with Crippen LogP contribution in [0.25, 0.3) is 0 Å². The van der Waals surface area contributed by atoms with Gasteiger partial charge >= 0.3 is 11.9 Å². The maximum atomic E-state index is 13.6. The number of ether oxygens (including phenoxy) is 2. The fourth-order valence-corrected chi connectivity index (χ4v) is 8.54. The highest BCUT2D eigenvalue weighted by atomic mass is 16.6. The van der Waals surface area contributed by atoms with Crippen LogP contribution < -0.4 is 0 Å². The second-order valence-electron chi connectivity index (χ2n) is 11.7. The third-order valence-corrected chi connectivity index (χ3v) is 10.2. The van der Waals surface area contributed by atoms with E-state index in [9.17, 15) is 19.5 Å². The molecule has 0 aromatic carbocycles. The summed E-state index contributed by atoms with van der Waals surface area (Å²) in [7, 11) is 0. The smallest absolute Gasteiger partial charge is 0.344 e. The molecule has 0 unspecified atom stereocenters. The van der Waals surface area contributed by atoms with E-state index in [4.69, 9.17) is 9.47 Å². The van der Waals surface area contributed by atoms with Gasteiger partial charge in [-0.25, -0.2) is 4.79 Å². The number of allylic oxidation sites excluding steroid dienone is 2. The molecule has 5 rings (SSSR count). The minimum absolute atomic E-state index is 0.0707. The SMILES string of the molecule is C=C1[C@@]23C(=O)O[C@H](C)[C@]2(O)C(=O)O[C@]1(C)C[C@@H]1[C@]2(C)C=CC(=O)C(C)(C)[C@@H]2CC[C@@]13C. The Morgan fingerprint density at radius 3 is 2.35 bits per heavy atom. The third kappa shape index (κ3) is 1.83. The predicted octanol–water partition coefficient (Wildman–Crippen LogP) is 3.13. The molecule has 4 fully saturated rings. The molecule has 2 saturated heterocycles. The average Bonchev–Trinajstić information content (AvgIpc) is 2.87. The molecular formula is C25H32O6. The van der Waals surface area contributed by atoms with Crippen molar-refractivity contribution in [3.63, 3.8) is 0 Å². The number of rotatable bonds is 0. The Morgan fingerprint density at radius 2 is 1.71 bits per heavy atom. The highest BCUT2D eigenvalue weighted by Crippen LogP contribution is 2.77. The number of carbonyl (C=O) groups excluding carboxylic acids is 3. The zero-order valence-corrected chi connectivity index (χ0v) is 19.2. The van der Waals surface area contributed by atoms with Crippen molar-refractivity contribution in [2.24, 2.45) is 33.5 Å². The highest BCUT2D eigenvalue weighted by molar-refractivity contribution is 6.00. The van der Waals surface area contributed by atoms with Crippen LogP contribution in [0.5, 0.6) is 0 Å². The first-order valence-corrected chi connectivity index (χ1v) is 11.2. The normalized spacial score (nSPS) is 54.5.